The Hall–Kier alpha value is -2.01. The fourth-order valence-corrected chi connectivity index (χ4v) is 1.81. The lowest BCUT2D eigenvalue weighted by atomic mass is 10.3. The third-order valence-electron chi connectivity index (χ3n) is 2.59. The Morgan fingerprint density at radius 1 is 1.59 bits per heavy atom. The van der Waals surface area contributed by atoms with Crippen molar-refractivity contribution in [3.8, 4) is 0 Å². The van der Waals surface area contributed by atoms with Crippen molar-refractivity contribution in [1.82, 2.24) is 10.6 Å². The summed E-state index contributed by atoms with van der Waals surface area (Å²) in [6.45, 7) is 4.24. The molecule has 1 aliphatic heterocycles. The number of carbonyl (C=O) groups excluding carboxylic acids is 1. The highest BCUT2D eigenvalue weighted by Gasteiger charge is 2.15. The molecule has 124 valence electrons. The molecule has 1 aromatic heterocycles. The van der Waals surface area contributed by atoms with E-state index in [-0.39, 0.29) is 17.2 Å². The standard InChI is InChI=1S/C6H10N4O2.C5H9NO3S/c7-6-5-10(8-12-6)9-1-3-11-4-2-9;1-3(7)6-4(2-10)5(8)9/h5,7H,1-4H2;4,10H,2H2,1H3,(H,6,7)(H,8,9)/t;4-/m.0/s1. The van der Waals surface area contributed by atoms with Crippen molar-refractivity contribution in [1.29, 1.82) is 5.41 Å². The van der Waals surface area contributed by atoms with Gasteiger partial charge in [0.25, 0.3) is 11.8 Å². The fourth-order valence-electron chi connectivity index (χ4n) is 1.56. The first kappa shape index (κ1) is 18.0. The van der Waals surface area contributed by atoms with Crippen LogP contribution in [0, 0.1) is 5.41 Å². The lowest BCUT2D eigenvalue weighted by Gasteiger charge is -2.26. The van der Waals surface area contributed by atoms with E-state index in [0.717, 1.165) is 13.1 Å². The molecule has 0 saturated carbocycles. The van der Waals surface area contributed by atoms with E-state index in [9.17, 15) is 9.59 Å². The number of aromatic nitrogens is 2. The number of nitrogens with zero attached hydrogens (tertiary/aromatic N) is 3. The Labute approximate surface area is 131 Å². The number of rotatable bonds is 4. The second kappa shape index (κ2) is 9.10. The van der Waals surface area contributed by atoms with Crippen molar-refractivity contribution in [2.45, 2.75) is 13.0 Å². The minimum atomic E-state index is -1.06. The molecule has 2 rings (SSSR count). The molecule has 1 amide bonds. The molecule has 0 radical (unpaired) electrons. The van der Waals surface area contributed by atoms with Crippen LogP contribution < -0.4 is 25.9 Å². The molecule has 2 heterocycles. The molecule has 0 aliphatic carbocycles. The smallest absolute Gasteiger partial charge is 0.327 e. The van der Waals surface area contributed by atoms with Crippen molar-refractivity contribution in [2.75, 3.05) is 37.1 Å². The van der Waals surface area contributed by atoms with E-state index in [2.05, 4.69) is 27.7 Å². The Bertz CT molecular complexity index is 539. The molecule has 1 fully saturated rings. The van der Waals surface area contributed by atoms with E-state index in [1.165, 1.54) is 13.1 Å². The molecule has 22 heavy (non-hydrogen) atoms. The number of hydrogen-bond acceptors (Lipinski definition) is 7. The van der Waals surface area contributed by atoms with Crippen LogP contribution >= 0.6 is 12.6 Å². The van der Waals surface area contributed by atoms with Gasteiger partial charge in [-0.05, 0) is 5.27 Å². The number of nitrogens with one attached hydrogen (secondary N) is 2. The third kappa shape index (κ3) is 6.18. The minimum absolute atomic E-state index is 0.0708. The summed E-state index contributed by atoms with van der Waals surface area (Å²) < 4.78 is 9.78. The SMILES string of the molecule is CC(=O)N[C@@H](CS)C(=O)O.N=c1c[n+](N2CCOCC2)[n-]o1. The largest absolute Gasteiger partial charge is 0.480 e. The molecule has 3 N–H and O–H groups in total. The average molecular weight is 333 g/mol. The molecular formula is C11H19N5O5S. The monoisotopic (exact) mass is 333 g/mol. The van der Waals surface area contributed by atoms with Crippen LogP contribution in [0.3, 0.4) is 0 Å². The van der Waals surface area contributed by atoms with Gasteiger partial charge in [-0.25, -0.2) is 4.79 Å². The number of ether oxygens (including phenoxy) is 1. The molecule has 10 nitrogen and oxygen atoms in total. The van der Waals surface area contributed by atoms with E-state index < -0.39 is 12.0 Å². The Kier molecular flexibility index (Phi) is 7.46. The zero-order chi connectivity index (χ0) is 16.5. The van der Waals surface area contributed by atoms with E-state index in [0.29, 0.717) is 13.2 Å². The average Bonchev–Trinajstić information content (AvgIpc) is 2.92. The first-order chi connectivity index (χ1) is 10.4. The van der Waals surface area contributed by atoms with Crippen LogP contribution in [0.15, 0.2) is 10.7 Å². The molecule has 1 saturated heterocycles. The van der Waals surface area contributed by atoms with Crippen LogP contribution in [0.2, 0.25) is 0 Å². The zero-order valence-corrected chi connectivity index (χ0v) is 13.0. The maximum Gasteiger partial charge on any atom is 0.327 e. The van der Waals surface area contributed by atoms with E-state index >= 15 is 0 Å². The van der Waals surface area contributed by atoms with Gasteiger partial charge in [-0.2, -0.15) is 12.6 Å². The van der Waals surface area contributed by atoms with Gasteiger partial charge in [-0.3, -0.25) is 15.2 Å². The molecule has 11 heteroatoms. The van der Waals surface area contributed by atoms with Gasteiger partial charge < -0.3 is 19.7 Å². The van der Waals surface area contributed by atoms with E-state index in [1.54, 1.807) is 4.79 Å². The first-order valence-electron chi connectivity index (χ1n) is 6.48. The van der Waals surface area contributed by atoms with Crippen LogP contribution in [-0.4, -0.2) is 55.1 Å². The predicted octanol–water partition coefficient (Wildman–Crippen LogP) is -2.52. The molecule has 0 bridgehead atoms. The topological polar surface area (TPSA) is 134 Å². The van der Waals surface area contributed by atoms with Gasteiger partial charge in [0, 0.05) is 25.8 Å². The van der Waals surface area contributed by atoms with Crippen molar-refractivity contribution >= 4 is 24.5 Å². The van der Waals surface area contributed by atoms with Crippen LogP contribution in [0.5, 0.6) is 0 Å². The van der Waals surface area contributed by atoms with Crippen molar-refractivity contribution in [3.63, 3.8) is 0 Å². The normalized spacial score (nSPS) is 15.5. The Morgan fingerprint density at radius 2 is 2.23 bits per heavy atom. The van der Waals surface area contributed by atoms with Crippen molar-refractivity contribution in [2.24, 2.45) is 0 Å². The maximum atomic E-state index is 10.3. The second-order valence-electron chi connectivity index (χ2n) is 4.33. The fraction of sp³-hybridized carbons (Fsp3) is 0.636. The van der Waals surface area contributed by atoms with Crippen LogP contribution in [-0.2, 0) is 14.3 Å². The molecular weight excluding hydrogens is 314 g/mol. The highest BCUT2D eigenvalue weighted by atomic mass is 32.1. The Morgan fingerprint density at radius 3 is 2.59 bits per heavy atom. The summed E-state index contributed by atoms with van der Waals surface area (Å²) in [4.78, 5) is 22.1. The van der Waals surface area contributed by atoms with Gasteiger partial charge in [0.05, 0.1) is 13.2 Å². The van der Waals surface area contributed by atoms with Crippen molar-refractivity contribution in [3.05, 3.63) is 11.8 Å². The van der Waals surface area contributed by atoms with Gasteiger partial charge in [0.1, 0.15) is 6.04 Å². The Balaban J connectivity index is 0.000000225. The summed E-state index contributed by atoms with van der Waals surface area (Å²) in [6.07, 6.45) is 1.53. The van der Waals surface area contributed by atoms with Gasteiger partial charge in [0.2, 0.25) is 5.91 Å². The quantitative estimate of drug-likeness (QED) is 0.353. The zero-order valence-electron chi connectivity index (χ0n) is 12.1. The summed E-state index contributed by atoms with van der Waals surface area (Å²) >= 11 is 3.73. The number of thiol groups is 1. The third-order valence-corrected chi connectivity index (χ3v) is 2.96. The van der Waals surface area contributed by atoms with Gasteiger partial charge in [0.15, 0.2) is 0 Å². The van der Waals surface area contributed by atoms with Crippen molar-refractivity contribution < 1.29 is 28.7 Å². The maximum absolute atomic E-state index is 10.3. The van der Waals surface area contributed by atoms with E-state index in [1.807, 2.05) is 5.01 Å². The van der Waals surface area contributed by atoms with Crippen LogP contribution in [0.1, 0.15) is 6.92 Å². The van der Waals surface area contributed by atoms with Gasteiger partial charge >= 0.3 is 5.97 Å². The number of amides is 1. The van der Waals surface area contributed by atoms with Crippen LogP contribution in [0.25, 0.3) is 0 Å². The summed E-state index contributed by atoms with van der Waals surface area (Å²) in [5.74, 6) is -1.32. The highest BCUT2D eigenvalue weighted by molar-refractivity contribution is 7.80. The second-order valence-corrected chi connectivity index (χ2v) is 4.69. The molecule has 0 spiro atoms. The summed E-state index contributed by atoms with van der Waals surface area (Å²) in [5, 5.41) is 23.3. The number of carboxylic acids is 1. The number of aliphatic carboxylic acids is 1. The van der Waals surface area contributed by atoms with Gasteiger partial charge in [-0.1, -0.05) is 4.79 Å². The number of carbonyl (C=O) groups is 2. The summed E-state index contributed by atoms with van der Waals surface area (Å²) in [6, 6.07) is -0.874. The molecule has 1 aliphatic rings. The number of morpholine rings is 1. The van der Waals surface area contributed by atoms with Gasteiger partial charge in [-0.15, -0.1) is 0 Å². The molecule has 0 unspecified atom stereocenters. The summed E-state index contributed by atoms with van der Waals surface area (Å²) in [5.41, 5.74) is 0.0708. The molecule has 0 aromatic carbocycles. The predicted molar refractivity (Wildman–Crippen MR) is 75.9 cm³/mol. The first-order valence-corrected chi connectivity index (χ1v) is 7.11. The number of hydrogen-bond donors (Lipinski definition) is 4. The summed E-state index contributed by atoms with van der Waals surface area (Å²) in [7, 11) is 0. The number of carboxylic acid groups (broad SMARTS) is 1. The van der Waals surface area contributed by atoms with Crippen LogP contribution in [0.4, 0.5) is 0 Å². The lowest BCUT2D eigenvalue weighted by Crippen LogP contribution is -2.63. The lowest BCUT2D eigenvalue weighted by molar-refractivity contribution is -0.765. The highest BCUT2D eigenvalue weighted by Crippen LogP contribution is 1.88. The minimum Gasteiger partial charge on any atom is -0.480 e. The molecule has 1 atom stereocenters. The molecule has 1 aromatic rings. The van der Waals surface area contributed by atoms with E-state index in [4.69, 9.17) is 15.3 Å².